The average molecular weight is 602 g/mol. The molecule has 0 radical (unpaired) electrons. The number of guanidine groups is 2. The summed E-state index contributed by atoms with van der Waals surface area (Å²) in [6, 6.07) is 0.235. The van der Waals surface area contributed by atoms with Gasteiger partial charge in [-0.3, -0.25) is 5.41 Å². The minimum absolute atomic E-state index is 0.00959. The van der Waals surface area contributed by atoms with Crippen molar-refractivity contribution in [3.05, 3.63) is 0 Å². The average Bonchev–Trinajstić information content (AvgIpc) is 2.73. The Bertz CT molecular complexity index is 943. The van der Waals surface area contributed by atoms with Crippen LogP contribution < -0.4 is 16.4 Å². The highest BCUT2D eigenvalue weighted by Gasteiger charge is 2.43. The molecule has 1 unspecified atom stereocenters. The molecule has 7 nitrogen and oxygen atoms in total. The lowest BCUT2D eigenvalue weighted by atomic mass is 9.62. The quantitative estimate of drug-likeness (QED) is 0.122. The van der Waals surface area contributed by atoms with Crippen molar-refractivity contribution >= 4 is 18.1 Å². The lowest BCUT2D eigenvalue weighted by Crippen LogP contribution is -2.62. The lowest BCUT2D eigenvalue weighted by molar-refractivity contribution is 0.0408. The first-order valence-corrected chi connectivity index (χ1v) is 17.1. The van der Waals surface area contributed by atoms with Gasteiger partial charge in [-0.15, -0.1) is 0 Å². The lowest BCUT2D eigenvalue weighted by Gasteiger charge is -2.51. The Morgan fingerprint density at radius 2 is 1.28 bits per heavy atom. The second-order valence-corrected chi connectivity index (χ2v) is 18.8. The third-order valence-electron chi connectivity index (χ3n) is 9.25. The van der Waals surface area contributed by atoms with Gasteiger partial charge in [-0.2, -0.15) is 4.99 Å². The van der Waals surface area contributed by atoms with Crippen LogP contribution in [0.1, 0.15) is 155 Å². The number of aliphatic imine (C=N–C) groups is 2. The summed E-state index contributed by atoms with van der Waals surface area (Å²) in [6.45, 7) is 33.0. The van der Waals surface area contributed by atoms with Crippen LogP contribution >= 0.6 is 0 Å². The Labute approximate surface area is 266 Å². The van der Waals surface area contributed by atoms with Crippen molar-refractivity contribution in [3.63, 3.8) is 0 Å². The highest BCUT2D eigenvalue weighted by Crippen LogP contribution is 2.45. The van der Waals surface area contributed by atoms with Crippen LogP contribution in [-0.2, 0) is 0 Å². The summed E-state index contributed by atoms with van der Waals surface area (Å²) in [7, 11) is 0. The van der Waals surface area contributed by atoms with Crippen LogP contribution in [0.5, 0.6) is 0 Å². The Kier molecular flexibility index (Phi) is 12.2. The normalized spacial score (nSPS) is 23.8. The third kappa shape index (κ3) is 13.2. The molecule has 2 saturated heterocycles. The van der Waals surface area contributed by atoms with Gasteiger partial charge in [0.05, 0.1) is 0 Å². The fourth-order valence-electron chi connectivity index (χ4n) is 8.47. The van der Waals surface area contributed by atoms with E-state index in [1.54, 1.807) is 0 Å². The molecule has 0 saturated carbocycles. The van der Waals surface area contributed by atoms with Crippen LogP contribution in [0.25, 0.3) is 0 Å². The number of unbranched alkanes of at least 4 members (excludes halogenated alkanes) is 3. The molecule has 0 aromatic rings. The molecule has 250 valence electrons. The van der Waals surface area contributed by atoms with Crippen LogP contribution in [0.15, 0.2) is 9.98 Å². The largest absolute Gasteiger partial charge is 0.368 e. The van der Waals surface area contributed by atoms with Crippen molar-refractivity contribution in [2.24, 2.45) is 38.4 Å². The van der Waals surface area contributed by atoms with E-state index in [0.29, 0.717) is 5.41 Å². The van der Waals surface area contributed by atoms with E-state index in [-0.39, 0.29) is 45.5 Å². The van der Waals surface area contributed by atoms with E-state index in [0.717, 1.165) is 37.6 Å². The monoisotopic (exact) mass is 602 g/mol. The molecular weight excluding hydrogens is 530 g/mol. The fraction of sp³-hybridized carbons (Fsp3) is 0.917. The number of hydrogen-bond donors (Lipinski definition) is 4. The highest BCUT2D eigenvalue weighted by molar-refractivity contribution is 5.96. The first kappa shape index (κ1) is 37.7. The summed E-state index contributed by atoms with van der Waals surface area (Å²) in [5.74, 6) is 1.88. The van der Waals surface area contributed by atoms with Crippen LogP contribution in [0.2, 0.25) is 0 Å². The topological polar surface area (TPSA) is 102 Å². The molecule has 5 N–H and O–H groups in total. The summed E-state index contributed by atoms with van der Waals surface area (Å²) in [6.07, 6.45) is 12.3. The van der Waals surface area contributed by atoms with E-state index in [2.05, 4.69) is 122 Å². The molecule has 0 spiro atoms. The van der Waals surface area contributed by atoms with Gasteiger partial charge in [0.25, 0.3) is 0 Å². The summed E-state index contributed by atoms with van der Waals surface area (Å²) in [5.41, 5.74) is 6.75. The fourth-order valence-corrected chi connectivity index (χ4v) is 8.47. The predicted molar refractivity (Wildman–Crippen MR) is 188 cm³/mol. The molecule has 2 fully saturated rings. The third-order valence-corrected chi connectivity index (χ3v) is 9.25. The Morgan fingerprint density at radius 1 is 0.814 bits per heavy atom. The zero-order valence-electron chi connectivity index (χ0n) is 30.8. The maximum absolute atomic E-state index is 8.98. The number of nitrogens with zero attached hydrogens (tertiary/aromatic N) is 3. The van der Waals surface area contributed by atoms with Crippen molar-refractivity contribution in [2.75, 3.05) is 6.54 Å². The second kappa shape index (κ2) is 13.9. The standard InChI is InChI=1S/C36H71N7/c1-31(2,3)25-39-29(37)40-30(38)43(27-23-35(11,12)42-36(13,14)24-27)20-18-16-15-17-19-28(32(4,5)6)26-21-33(7,8)41-34(9,10)22-26/h25-28,41-42H,15-24H2,1-14H3,(H3,37,38,40). The molecule has 1 atom stereocenters. The van der Waals surface area contributed by atoms with E-state index in [4.69, 9.17) is 11.1 Å². The van der Waals surface area contributed by atoms with Crippen LogP contribution in [-0.4, -0.2) is 57.8 Å². The van der Waals surface area contributed by atoms with E-state index < -0.39 is 0 Å². The van der Waals surface area contributed by atoms with Crippen LogP contribution in [0, 0.1) is 28.1 Å². The van der Waals surface area contributed by atoms with Crippen molar-refractivity contribution in [1.29, 1.82) is 5.41 Å². The smallest absolute Gasteiger partial charge is 0.222 e. The van der Waals surface area contributed by atoms with Crippen LogP contribution in [0.4, 0.5) is 0 Å². The first-order valence-electron chi connectivity index (χ1n) is 17.1. The van der Waals surface area contributed by atoms with E-state index >= 15 is 0 Å². The van der Waals surface area contributed by atoms with Gasteiger partial charge in [-0.05, 0) is 117 Å². The summed E-state index contributed by atoms with van der Waals surface area (Å²) < 4.78 is 0. The first-order chi connectivity index (χ1) is 19.3. The number of hydrogen-bond acceptors (Lipinski definition) is 3. The predicted octanol–water partition coefficient (Wildman–Crippen LogP) is 8.13. The van der Waals surface area contributed by atoms with Gasteiger partial charge in [0.15, 0.2) is 0 Å². The molecule has 0 aliphatic carbocycles. The Morgan fingerprint density at radius 3 is 1.74 bits per heavy atom. The molecule has 2 aliphatic heterocycles. The number of piperidine rings is 2. The van der Waals surface area contributed by atoms with Gasteiger partial charge in [0, 0.05) is 41.0 Å². The van der Waals surface area contributed by atoms with Crippen molar-refractivity contribution < 1.29 is 0 Å². The molecule has 0 bridgehead atoms. The molecule has 0 aromatic carbocycles. The Hall–Kier alpha value is -1.47. The van der Waals surface area contributed by atoms with E-state index in [9.17, 15) is 0 Å². The number of nitrogens with one attached hydrogen (secondary N) is 3. The summed E-state index contributed by atoms with van der Waals surface area (Å²) in [4.78, 5) is 11.0. The van der Waals surface area contributed by atoms with E-state index in [1.807, 2.05) is 6.21 Å². The molecule has 7 heteroatoms. The minimum Gasteiger partial charge on any atom is -0.368 e. The molecule has 2 rings (SSSR count). The second-order valence-electron chi connectivity index (χ2n) is 18.8. The van der Waals surface area contributed by atoms with Crippen molar-refractivity contribution in [1.82, 2.24) is 15.5 Å². The SMILES string of the molecule is CC(C)(C)C=NC(N)=NC(=N)N(CCCCCCC(C1CC(C)(C)NC(C)(C)C1)C(C)(C)C)C1CC(C)(C)NC(C)(C)C1. The number of rotatable bonds is 9. The molecule has 43 heavy (non-hydrogen) atoms. The Balaban J connectivity index is 2.06. The van der Waals surface area contributed by atoms with Gasteiger partial charge in [0.2, 0.25) is 11.9 Å². The molecular formula is C36H71N7. The summed E-state index contributed by atoms with van der Waals surface area (Å²) >= 11 is 0. The maximum atomic E-state index is 8.98. The van der Waals surface area contributed by atoms with Crippen molar-refractivity contribution in [3.8, 4) is 0 Å². The van der Waals surface area contributed by atoms with Gasteiger partial charge >= 0.3 is 0 Å². The van der Waals surface area contributed by atoms with E-state index in [1.165, 1.54) is 38.5 Å². The molecule has 0 aromatic heterocycles. The maximum Gasteiger partial charge on any atom is 0.222 e. The minimum atomic E-state index is -0.0859. The molecule has 0 amide bonds. The number of nitrogens with two attached hydrogens (primary N) is 1. The molecule has 2 aliphatic rings. The van der Waals surface area contributed by atoms with Gasteiger partial charge in [-0.1, -0.05) is 60.8 Å². The van der Waals surface area contributed by atoms with Crippen LogP contribution in [0.3, 0.4) is 0 Å². The van der Waals surface area contributed by atoms with Crippen molar-refractivity contribution in [2.45, 2.75) is 183 Å². The van der Waals surface area contributed by atoms with Gasteiger partial charge < -0.3 is 21.3 Å². The van der Waals surface area contributed by atoms with Gasteiger partial charge in [0.1, 0.15) is 0 Å². The zero-order valence-corrected chi connectivity index (χ0v) is 30.8. The zero-order chi connectivity index (χ0) is 33.1. The summed E-state index contributed by atoms with van der Waals surface area (Å²) in [5, 5.41) is 16.7. The van der Waals surface area contributed by atoms with Gasteiger partial charge in [-0.25, -0.2) is 4.99 Å². The highest BCUT2D eigenvalue weighted by atomic mass is 15.3. The molecule has 2 heterocycles.